The number of aromatic nitrogens is 2. The van der Waals surface area contributed by atoms with Gasteiger partial charge in [-0.05, 0) is 107 Å². The third-order valence-corrected chi connectivity index (χ3v) is 10.8. The van der Waals surface area contributed by atoms with Gasteiger partial charge in [-0.3, -0.25) is 0 Å². The van der Waals surface area contributed by atoms with Gasteiger partial charge >= 0.3 is 0 Å². The van der Waals surface area contributed by atoms with Crippen molar-refractivity contribution in [2.24, 2.45) is 0 Å². The van der Waals surface area contributed by atoms with Crippen molar-refractivity contribution in [1.82, 2.24) is 9.13 Å². The average molecular weight is 611 g/mol. The molecule has 0 aliphatic carbocycles. The van der Waals surface area contributed by atoms with Crippen molar-refractivity contribution in [2.75, 3.05) is 0 Å². The maximum Gasteiger partial charge on any atom is 0.0541 e. The highest BCUT2D eigenvalue weighted by Crippen LogP contribution is 2.38. The summed E-state index contributed by atoms with van der Waals surface area (Å²) in [6, 6.07) is 49.7. The molecule has 0 N–H and O–H groups in total. The minimum atomic E-state index is 0.135. The molecule has 0 aliphatic heterocycles. The Morgan fingerprint density at radius 1 is 0.511 bits per heavy atom. The van der Waals surface area contributed by atoms with Crippen LogP contribution in [0, 0.1) is 0 Å². The van der Waals surface area contributed by atoms with E-state index in [-0.39, 0.29) is 5.41 Å². The van der Waals surface area contributed by atoms with E-state index in [1.54, 1.807) is 0 Å². The van der Waals surface area contributed by atoms with Crippen LogP contribution >= 0.6 is 0 Å². The van der Waals surface area contributed by atoms with Crippen LogP contribution in [-0.2, 0) is 5.41 Å². The van der Waals surface area contributed by atoms with Gasteiger partial charge in [0.05, 0.1) is 22.1 Å². The minimum Gasteiger partial charge on any atom is -0.309 e. The Hall–Kier alpha value is -5.08. The lowest BCUT2D eigenvalue weighted by Crippen LogP contribution is -2.15. The Morgan fingerprint density at radius 3 is 1.49 bits per heavy atom. The summed E-state index contributed by atoms with van der Waals surface area (Å²) < 4.78 is 4.82. The van der Waals surface area contributed by atoms with Crippen LogP contribution in [0.1, 0.15) is 64.5 Å². The van der Waals surface area contributed by atoms with Crippen LogP contribution < -0.4 is 0 Å². The molecule has 1 atom stereocenters. The van der Waals surface area contributed by atoms with Crippen LogP contribution in [0.25, 0.3) is 66.1 Å². The van der Waals surface area contributed by atoms with Gasteiger partial charge in [0, 0.05) is 32.9 Å². The van der Waals surface area contributed by atoms with Gasteiger partial charge < -0.3 is 9.13 Å². The van der Waals surface area contributed by atoms with Gasteiger partial charge in [-0.1, -0.05) is 107 Å². The van der Waals surface area contributed by atoms with Crippen molar-refractivity contribution >= 4 is 43.6 Å². The summed E-state index contributed by atoms with van der Waals surface area (Å²) in [7, 11) is 0. The van der Waals surface area contributed by atoms with Gasteiger partial charge in [0.15, 0.2) is 0 Å². The zero-order valence-electron chi connectivity index (χ0n) is 28.1. The summed E-state index contributed by atoms with van der Waals surface area (Å²) in [5.74, 6) is 0.536. The molecule has 0 spiro atoms. The Morgan fingerprint density at radius 2 is 0.979 bits per heavy atom. The predicted octanol–water partition coefficient (Wildman–Crippen LogP) is 12.7. The first-order valence-electron chi connectivity index (χ1n) is 17.2. The zero-order valence-corrected chi connectivity index (χ0v) is 28.1. The monoisotopic (exact) mass is 610 g/mol. The highest BCUT2D eigenvalue weighted by Gasteiger charge is 2.21. The van der Waals surface area contributed by atoms with Crippen LogP contribution in [0.2, 0.25) is 0 Å². The van der Waals surface area contributed by atoms with E-state index in [0.717, 1.165) is 12.8 Å². The fraction of sp³-hybridized carbons (Fsp3) is 0.200. The lowest BCUT2D eigenvalue weighted by atomic mass is 9.82. The summed E-state index contributed by atoms with van der Waals surface area (Å²) >= 11 is 0. The minimum absolute atomic E-state index is 0.135. The zero-order chi connectivity index (χ0) is 32.3. The second-order valence-electron chi connectivity index (χ2n) is 13.9. The molecule has 2 aromatic heterocycles. The molecule has 8 aromatic rings. The molecular formula is C45H42N2. The summed E-state index contributed by atoms with van der Waals surface area (Å²) in [5.41, 5.74) is 12.8. The van der Waals surface area contributed by atoms with Crippen LogP contribution in [0.5, 0.6) is 0 Å². The third-order valence-electron chi connectivity index (χ3n) is 10.8. The second-order valence-corrected chi connectivity index (χ2v) is 13.9. The largest absolute Gasteiger partial charge is 0.309 e. The van der Waals surface area contributed by atoms with Crippen molar-refractivity contribution in [3.05, 3.63) is 145 Å². The highest BCUT2D eigenvalue weighted by molar-refractivity contribution is 6.10. The van der Waals surface area contributed by atoms with Gasteiger partial charge in [-0.25, -0.2) is 0 Å². The normalized spacial score (nSPS) is 12.9. The Labute approximate surface area is 277 Å². The van der Waals surface area contributed by atoms with Gasteiger partial charge in [-0.15, -0.1) is 0 Å². The first kappa shape index (κ1) is 29.3. The molecule has 0 bridgehead atoms. The summed E-state index contributed by atoms with van der Waals surface area (Å²) in [6.45, 7) is 11.6. The van der Waals surface area contributed by atoms with Gasteiger partial charge in [0.2, 0.25) is 0 Å². The maximum atomic E-state index is 2.45. The maximum absolute atomic E-state index is 2.45. The molecule has 0 fully saturated rings. The van der Waals surface area contributed by atoms with Crippen molar-refractivity contribution in [3.8, 4) is 22.5 Å². The molecular weight excluding hydrogens is 569 g/mol. The number of rotatable bonds is 7. The number of nitrogens with zero attached hydrogens (tertiary/aromatic N) is 2. The summed E-state index contributed by atoms with van der Waals surface area (Å²) in [6.07, 6.45) is 2.25. The molecule has 47 heavy (non-hydrogen) atoms. The number of hydrogen-bond donors (Lipinski definition) is 0. The van der Waals surface area contributed by atoms with E-state index in [1.165, 1.54) is 77.2 Å². The van der Waals surface area contributed by atoms with E-state index in [9.17, 15) is 0 Å². The molecule has 0 aliphatic rings. The number of benzene rings is 6. The molecule has 6 aromatic carbocycles. The van der Waals surface area contributed by atoms with Crippen molar-refractivity contribution in [2.45, 2.75) is 58.8 Å². The van der Waals surface area contributed by atoms with E-state index < -0.39 is 0 Å². The van der Waals surface area contributed by atoms with Crippen LogP contribution in [0.15, 0.2) is 133 Å². The molecule has 0 saturated carbocycles. The average Bonchev–Trinajstić information content (AvgIpc) is 3.63. The first-order chi connectivity index (χ1) is 22.9. The third kappa shape index (κ3) is 4.78. The number of hydrogen-bond acceptors (Lipinski definition) is 0. The Bertz CT molecular complexity index is 2350. The van der Waals surface area contributed by atoms with Crippen molar-refractivity contribution < 1.29 is 0 Å². The molecule has 2 nitrogen and oxygen atoms in total. The van der Waals surface area contributed by atoms with E-state index in [2.05, 4.69) is 177 Å². The topological polar surface area (TPSA) is 9.86 Å². The Balaban J connectivity index is 1.19. The fourth-order valence-corrected chi connectivity index (χ4v) is 7.29. The van der Waals surface area contributed by atoms with Gasteiger partial charge in [0.25, 0.3) is 0 Å². The predicted molar refractivity (Wildman–Crippen MR) is 203 cm³/mol. The number of para-hydroxylation sites is 2. The van der Waals surface area contributed by atoms with Crippen molar-refractivity contribution in [3.63, 3.8) is 0 Å². The van der Waals surface area contributed by atoms with E-state index in [0.29, 0.717) is 5.92 Å². The summed E-state index contributed by atoms with van der Waals surface area (Å²) in [5, 5.41) is 5.26. The lowest BCUT2D eigenvalue weighted by Gasteiger charge is -2.23. The SMILES string of the molecule is CCC(C)c1ccc2c(c1)c1cc(C(C)(C)CC)ccc1n2-c1ccc(-c2ccc(-n3c4ccccc4c4ccccc43)cc2)cc1. The second kappa shape index (κ2) is 11.3. The van der Waals surface area contributed by atoms with E-state index in [1.807, 2.05) is 0 Å². The smallest absolute Gasteiger partial charge is 0.0541 e. The molecule has 232 valence electrons. The van der Waals surface area contributed by atoms with Crippen LogP contribution in [0.3, 0.4) is 0 Å². The molecule has 8 rings (SSSR count). The molecule has 0 radical (unpaired) electrons. The van der Waals surface area contributed by atoms with Gasteiger partial charge in [0.1, 0.15) is 0 Å². The number of fused-ring (bicyclic) bond motifs is 6. The van der Waals surface area contributed by atoms with Crippen LogP contribution in [0.4, 0.5) is 0 Å². The fourth-order valence-electron chi connectivity index (χ4n) is 7.29. The quantitative estimate of drug-likeness (QED) is 0.170. The molecule has 2 heteroatoms. The first-order valence-corrected chi connectivity index (χ1v) is 17.2. The molecule has 2 heterocycles. The molecule has 0 saturated heterocycles. The van der Waals surface area contributed by atoms with Crippen LogP contribution in [-0.4, -0.2) is 9.13 Å². The van der Waals surface area contributed by atoms with Crippen molar-refractivity contribution in [1.29, 1.82) is 0 Å². The standard InChI is InChI=1S/C45H42N2/c1-6-30(3)33-20-26-43-39(28-33)40-29-34(45(4,5)7-2)21-27-44(40)47(43)36-24-18-32(19-25-36)31-16-22-35(23-17-31)46-41-14-10-8-12-37(41)38-13-9-11-15-42(38)46/h8-30H,6-7H2,1-5H3. The van der Waals surface area contributed by atoms with Gasteiger partial charge in [-0.2, -0.15) is 0 Å². The van der Waals surface area contributed by atoms with E-state index >= 15 is 0 Å². The van der Waals surface area contributed by atoms with E-state index in [4.69, 9.17) is 0 Å². The molecule has 1 unspecified atom stereocenters. The highest BCUT2D eigenvalue weighted by atomic mass is 15.0. The lowest BCUT2D eigenvalue weighted by molar-refractivity contribution is 0.507. The summed E-state index contributed by atoms with van der Waals surface area (Å²) in [4.78, 5) is 0. The Kier molecular flexibility index (Phi) is 7.06. The molecule has 0 amide bonds.